The molecule has 10 heteroatoms. The van der Waals surface area contributed by atoms with Gasteiger partial charge in [0, 0.05) is 30.4 Å². The molecule has 2 aromatic carbocycles. The number of Topliss-reactive ketones (excluding diaryl/α,β-unsaturated/α-hetero) is 1. The van der Waals surface area contributed by atoms with E-state index >= 15 is 0 Å². The topological polar surface area (TPSA) is 110 Å². The number of nitrogens with zero attached hydrogens (tertiary/aromatic N) is 3. The zero-order valence-corrected chi connectivity index (χ0v) is 26.2. The van der Waals surface area contributed by atoms with E-state index < -0.39 is 21.9 Å². The first kappa shape index (κ1) is 31.2. The van der Waals surface area contributed by atoms with Gasteiger partial charge >= 0.3 is 5.97 Å². The second-order valence-electron chi connectivity index (χ2n) is 12.6. The molecule has 5 rings (SSSR count). The molecule has 0 amide bonds. The Morgan fingerprint density at radius 3 is 2.47 bits per heavy atom. The summed E-state index contributed by atoms with van der Waals surface area (Å²) in [6.45, 7) is 2.79. The summed E-state index contributed by atoms with van der Waals surface area (Å²) in [7, 11) is -0.847. The van der Waals surface area contributed by atoms with Gasteiger partial charge in [-0.1, -0.05) is 17.3 Å². The maximum absolute atomic E-state index is 13.8. The highest BCUT2D eigenvalue weighted by atomic mass is 32.3. The third-order valence-electron chi connectivity index (χ3n) is 8.65. The average molecular weight is 610 g/mol. The summed E-state index contributed by atoms with van der Waals surface area (Å²) in [5.74, 6) is 0.202. The molecule has 0 radical (unpaired) electrons. The molecule has 2 fully saturated rings. The van der Waals surface area contributed by atoms with Crippen LogP contribution in [0.3, 0.4) is 0 Å². The summed E-state index contributed by atoms with van der Waals surface area (Å²) in [6, 6.07) is 14.3. The van der Waals surface area contributed by atoms with Gasteiger partial charge in [-0.2, -0.15) is 0 Å². The number of fused-ring (bicyclic) bond motifs is 1. The van der Waals surface area contributed by atoms with E-state index in [2.05, 4.69) is 29.1 Å². The maximum Gasteiger partial charge on any atom is 0.310 e. The third kappa shape index (κ3) is 8.03. The number of rotatable bonds is 12. The number of benzene rings is 2. The summed E-state index contributed by atoms with van der Waals surface area (Å²) in [4.78, 5) is 40.5. The van der Waals surface area contributed by atoms with Gasteiger partial charge in [-0.25, -0.2) is 14.7 Å². The fourth-order valence-electron chi connectivity index (χ4n) is 6.10. The first-order valence-electron chi connectivity index (χ1n) is 15.2. The summed E-state index contributed by atoms with van der Waals surface area (Å²) < 4.78 is 18.5. The van der Waals surface area contributed by atoms with Gasteiger partial charge in [-0.3, -0.25) is 14.4 Å². The van der Waals surface area contributed by atoms with Crippen LogP contribution in [0.5, 0.6) is 5.75 Å². The summed E-state index contributed by atoms with van der Waals surface area (Å²) in [5.41, 5.74) is 0.818. The Kier molecular flexibility index (Phi) is 10.2. The average Bonchev–Trinajstić information content (AvgIpc) is 3.42. The minimum Gasteiger partial charge on any atom is -0.494 e. The SMILES string of the molecule is CS(C)(C)CCOC(=O)[C@H]1[C@H](Cn2nnc3ccccc3c2=O)CC[C@@H]1C(=O)c1ccc(OCCC2CCOCC2)cc1. The fourth-order valence-corrected chi connectivity index (χ4v) is 6.68. The smallest absolute Gasteiger partial charge is 0.310 e. The number of ketones is 1. The monoisotopic (exact) mass is 609 g/mol. The Morgan fingerprint density at radius 2 is 1.72 bits per heavy atom. The molecule has 3 atom stereocenters. The zero-order chi connectivity index (χ0) is 30.4. The van der Waals surface area contributed by atoms with Crippen LogP contribution in [0.25, 0.3) is 10.9 Å². The first-order valence-corrected chi connectivity index (χ1v) is 18.2. The molecule has 9 nitrogen and oxygen atoms in total. The molecule has 2 aliphatic rings. The molecular weight excluding hydrogens is 566 g/mol. The fraction of sp³-hybridized carbons (Fsp3) is 0.545. The van der Waals surface area contributed by atoms with E-state index in [1.165, 1.54) is 4.68 Å². The van der Waals surface area contributed by atoms with Crippen LogP contribution in [0.4, 0.5) is 0 Å². The lowest BCUT2D eigenvalue weighted by Gasteiger charge is -2.27. The Labute approximate surface area is 254 Å². The van der Waals surface area contributed by atoms with Gasteiger partial charge < -0.3 is 14.2 Å². The number of carbonyl (C=O) groups is 2. The predicted molar refractivity (Wildman–Crippen MR) is 169 cm³/mol. The number of esters is 1. The number of hydrogen-bond donors (Lipinski definition) is 0. The van der Waals surface area contributed by atoms with Gasteiger partial charge in [0.15, 0.2) is 5.78 Å². The summed E-state index contributed by atoms with van der Waals surface area (Å²) >= 11 is 0. The number of ether oxygens (including phenoxy) is 3. The van der Waals surface area contributed by atoms with Crippen molar-refractivity contribution in [2.75, 3.05) is 50.9 Å². The van der Waals surface area contributed by atoms with Crippen LogP contribution < -0.4 is 10.3 Å². The second-order valence-corrected chi connectivity index (χ2v) is 17.2. The van der Waals surface area contributed by atoms with Crippen LogP contribution in [0.1, 0.15) is 42.5 Å². The van der Waals surface area contributed by atoms with Crippen LogP contribution in [-0.2, 0) is 20.8 Å². The van der Waals surface area contributed by atoms with Crippen molar-refractivity contribution in [3.8, 4) is 5.75 Å². The highest BCUT2D eigenvalue weighted by Gasteiger charge is 2.46. The highest BCUT2D eigenvalue weighted by Crippen LogP contribution is 2.41. The molecule has 2 heterocycles. The van der Waals surface area contributed by atoms with Crippen LogP contribution in [0, 0.1) is 23.7 Å². The Hall–Kier alpha value is -3.24. The molecule has 3 aromatic rings. The van der Waals surface area contributed by atoms with E-state index in [9.17, 15) is 14.4 Å². The number of carbonyl (C=O) groups excluding carboxylic acids is 2. The quantitative estimate of drug-likeness (QED) is 0.214. The number of aromatic nitrogens is 3. The first-order chi connectivity index (χ1) is 20.7. The molecular formula is C33H43N3O6S. The minimum absolute atomic E-state index is 0.0865. The highest BCUT2D eigenvalue weighted by molar-refractivity contribution is 8.32. The van der Waals surface area contributed by atoms with Crippen LogP contribution >= 0.6 is 10.0 Å². The van der Waals surface area contributed by atoms with E-state index in [-0.39, 0.29) is 29.8 Å². The normalized spacial score (nSPS) is 21.5. The molecule has 1 saturated carbocycles. The van der Waals surface area contributed by atoms with E-state index in [1.54, 1.807) is 30.3 Å². The minimum atomic E-state index is -0.847. The molecule has 0 N–H and O–H groups in total. The molecule has 0 spiro atoms. The van der Waals surface area contributed by atoms with Crippen molar-refractivity contribution in [3.05, 3.63) is 64.4 Å². The standard InChI is InChI=1S/C33H43N3O6S/c1-43(2,3)21-20-42-33(39)30-25(22-36-32(38)27-6-4-5-7-29(27)34-35-36)10-13-28(30)31(37)24-8-11-26(12-9-24)41-19-16-23-14-17-40-18-15-23/h4-9,11-12,23,25,28,30H,10,13-22H2,1-3H3/t25-,28-,30-/m0/s1. The third-order valence-corrected chi connectivity index (χ3v) is 10.0. The predicted octanol–water partition coefficient (Wildman–Crippen LogP) is 4.75. The van der Waals surface area contributed by atoms with Crippen molar-refractivity contribution in [3.63, 3.8) is 0 Å². The van der Waals surface area contributed by atoms with Crippen molar-refractivity contribution in [1.82, 2.24) is 15.0 Å². The Morgan fingerprint density at radius 1 is 0.977 bits per heavy atom. The molecule has 1 aliphatic heterocycles. The van der Waals surface area contributed by atoms with Gasteiger partial charge in [0.05, 0.1) is 31.1 Å². The van der Waals surface area contributed by atoms with Crippen molar-refractivity contribution in [1.29, 1.82) is 0 Å². The van der Waals surface area contributed by atoms with E-state index in [0.717, 1.165) is 44.0 Å². The van der Waals surface area contributed by atoms with Crippen molar-refractivity contribution in [2.24, 2.45) is 23.7 Å². The summed E-state index contributed by atoms with van der Waals surface area (Å²) in [6.07, 6.45) is 10.8. The van der Waals surface area contributed by atoms with Gasteiger partial charge in [0.25, 0.3) is 5.56 Å². The van der Waals surface area contributed by atoms with E-state index in [4.69, 9.17) is 14.2 Å². The lowest BCUT2D eigenvalue weighted by molar-refractivity contribution is -0.150. The van der Waals surface area contributed by atoms with Crippen LogP contribution in [0.2, 0.25) is 0 Å². The molecule has 0 unspecified atom stereocenters. The number of hydrogen-bond acceptors (Lipinski definition) is 8. The van der Waals surface area contributed by atoms with Gasteiger partial charge in [-0.15, -0.1) is 5.10 Å². The maximum atomic E-state index is 13.8. The van der Waals surface area contributed by atoms with Crippen molar-refractivity contribution in [2.45, 2.75) is 38.6 Å². The summed E-state index contributed by atoms with van der Waals surface area (Å²) in [5, 5.41) is 8.83. The Bertz CT molecular complexity index is 1460. The molecule has 43 heavy (non-hydrogen) atoms. The van der Waals surface area contributed by atoms with Crippen LogP contribution in [0.15, 0.2) is 53.3 Å². The van der Waals surface area contributed by atoms with Crippen LogP contribution in [-0.4, -0.2) is 77.7 Å². The Balaban J connectivity index is 1.29. The van der Waals surface area contributed by atoms with Gasteiger partial charge in [-0.05, 0) is 99.1 Å². The molecule has 1 aromatic heterocycles. The van der Waals surface area contributed by atoms with Gasteiger partial charge in [0.1, 0.15) is 11.3 Å². The largest absolute Gasteiger partial charge is 0.494 e. The van der Waals surface area contributed by atoms with Gasteiger partial charge in [0.2, 0.25) is 0 Å². The molecule has 1 saturated heterocycles. The molecule has 0 bridgehead atoms. The molecule has 232 valence electrons. The lowest BCUT2D eigenvalue weighted by atomic mass is 9.84. The van der Waals surface area contributed by atoms with E-state index in [0.29, 0.717) is 48.4 Å². The zero-order valence-electron chi connectivity index (χ0n) is 25.4. The molecule has 1 aliphatic carbocycles. The second kappa shape index (κ2) is 14.0. The van der Waals surface area contributed by atoms with Crippen molar-refractivity contribution < 1.29 is 23.8 Å². The van der Waals surface area contributed by atoms with Crippen molar-refractivity contribution >= 4 is 32.7 Å². The van der Waals surface area contributed by atoms with E-state index in [1.807, 2.05) is 18.2 Å². The lowest BCUT2D eigenvalue weighted by Crippen LogP contribution is -2.36.